The Morgan fingerprint density at radius 3 is 2.07 bits per heavy atom. The van der Waals surface area contributed by atoms with Crippen LogP contribution in [0.1, 0.15) is 0 Å². The second kappa shape index (κ2) is 4.85. The molecule has 0 spiro atoms. The number of benzene rings is 1. The third kappa shape index (κ3) is 2.76. The number of nitroso groups, excluding NO2 is 1. The third-order valence-electron chi connectivity index (χ3n) is 1.26. The molecule has 1 aromatic carbocycles. The van der Waals surface area contributed by atoms with Gasteiger partial charge in [0.25, 0.3) is 11.0 Å². The quantitative estimate of drug-likeness (QED) is 0.675. The van der Waals surface area contributed by atoms with E-state index >= 15 is 0 Å². The summed E-state index contributed by atoms with van der Waals surface area (Å²) in [6.07, 6.45) is 0. The van der Waals surface area contributed by atoms with E-state index in [0.29, 0.717) is 8.95 Å². The van der Waals surface area contributed by atoms with Gasteiger partial charge < -0.3 is 4.18 Å². The molecular formula is C6H3Br2NO4S. The van der Waals surface area contributed by atoms with Crippen molar-refractivity contribution in [2.24, 2.45) is 5.18 Å². The van der Waals surface area contributed by atoms with Crippen LogP contribution in [-0.2, 0) is 11.0 Å². The van der Waals surface area contributed by atoms with E-state index in [9.17, 15) is 13.3 Å². The first kappa shape index (κ1) is 11.6. The summed E-state index contributed by atoms with van der Waals surface area (Å²) < 4.78 is 25.6. The predicted octanol–water partition coefficient (Wildman–Crippen LogP) is 2.51. The van der Waals surface area contributed by atoms with Crippen LogP contribution in [-0.4, -0.2) is 8.42 Å². The molecule has 0 unspecified atom stereocenters. The van der Waals surface area contributed by atoms with Crippen LogP contribution in [0.2, 0.25) is 0 Å². The molecule has 0 saturated carbocycles. The lowest BCUT2D eigenvalue weighted by Gasteiger charge is -2.02. The molecule has 0 fully saturated rings. The van der Waals surface area contributed by atoms with Crippen LogP contribution < -0.4 is 4.18 Å². The second-order valence-electron chi connectivity index (χ2n) is 2.14. The van der Waals surface area contributed by atoms with Crippen LogP contribution in [0.25, 0.3) is 0 Å². The van der Waals surface area contributed by atoms with Gasteiger partial charge in [-0.2, -0.15) is 8.42 Å². The normalized spacial score (nSPS) is 10.2. The molecule has 0 N–H and O–H groups in total. The first-order valence-corrected chi connectivity index (χ1v) is 5.87. The zero-order valence-electron chi connectivity index (χ0n) is 6.44. The van der Waals surface area contributed by atoms with E-state index in [0.717, 1.165) is 0 Å². The molecule has 0 atom stereocenters. The first-order valence-electron chi connectivity index (χ1n) is 3.19. The smallest absolute Gasteiger partial charge is 0.299 e. The highest BCUT2D eigenvalue weighted by molar-refractivity contribution is 9.11. The molecule has 1 rings (SSSR count). The van der Waals surface area contributed by atoms with E-state index in [1.807, 2.05) is 0 Å². The Balaban J connectivity index is 3.19. The SMILES string of the molecule is O=Nc1c(Br)cc(O[SH](=O)=O)cc1Br. The van der Waals surface area contributed by atoms with Crippen molar-refractivity contribution >= 4 is 48.5 Å². The summed E-state index contributed by atoms with van der Waals surface area (Å²) in [5.41, 5.74) is 0.151. The van der Waals surface area contributed by atoms with Crippen molar-refractivity contribution in [3.63, 3.8) is 0 Å². The maximum atomic E-state index is 10.3. The Labute approximate surface area is 97.8 Å². The van der Waals surface area contributed by atoms with E-state index in [1.165, 1.54) is 12.1 Å². The molecule has 76 valence electrons. The lowest BCUT2D eigenvalue weighted by atomic mass is 10.3. The molecule has 8 heteroatoms. The Bertz CT molecular complexity index is 414. The largest absolute Gasteiger partial charge is 0.384 e. The fourth-order valence-corrected chi connectivity index (χ4v) is 2.34. The van der Waals surface area contributed by atoms with Crippen molar-refractivity contribution in [3.8, 4) is 5.75 Å². The Kier molecular flexibility index (Phi) is 4.02. The van der Waals surface area contributed by atoms with Gasteiger partial charge in [-0.15, -0.1) is 4.91 Å². The lowest BCUT2D eigenvalue weighted by Crippen LogP contribution is -1.89. The Hall–Kier alpha value is -0.470. The number of halogens is 2. The van der Waals surface area contributed by atoms with Crippen molar-refractivity contribution in [1.82, 2.24) is 0 Å². The third-order valence-corrected chi connectivity index (χ3v) is 2.83. The molecule has 14 heavy (non-hydrogen) atoms. The van der Waals surface area contributed by atoms with E-state index in [2.05, 4.69) is 41.2 Å². The van der Waals surface area contributed by atoms with Crippen LogP contribution in [0.15, 0.2) is 26.3 Å². The van der Waals surface area contributed by atoms with Crippen LogP contribution in [0, 0.1) is 4.91 Å². The molecular weight excluding hydrogens is 342 g/mol. The minimum absolute atomic E-state index is 0.104. The molecule has 1 aromatic rings. The zero-order valence-corrected chi connectivity index (χ0v) is 10.5. The minimum atomic E-state index is -2.97. The number of hydrogen-bond acceptors (Lipinski definition) is 5. The van der Waals surface area contributed by atoms with Gasteiger partial charge >= 0.3 is 0 Å². The zero-order chi connectivity index (χ0) is 10.7. The molecule has 0 heterocycles. The van der Waals surface area contributed by atoms with Gasteiger partial charge in [0.2, 0.25) is 0 Å². The standard InChI is InChI=1S/C6H3Br2NO4S/c7-4-1-3(13-14(11)12)2-5(8)6(4)9-10/h1-2,14H. The van der Waals surface area contributed by atoms with Gasteiger partial charge in [-0.25, -0.2) is 0 Å². The molecule has 0 amide bonds. The highest BCUT2D eigenvalue weighted by atomic mass is 79.9. The maximum Gasteiger partial charge on any atom is 0.299 e. The molecule has 0 aromatic heterocycles. The van der Waals surface area contributed by atoms with Crippen LogP contribution in [0.4, 0.5) is 5.69 Å². The van der Waals surface area contributed by atoms with E-state index in [1.54, 1.807) is 0 Å². The summed E-state index contributed by atoms with van der Waals surface area (Å²) in [5.74, 6) is 0.104. The highest BCUT2D eigenvalue weighted by Gasteiger charge is 2.09. The minimum Gasteiger partial charge on any atom is -0.384 e. The van der Waals surface area contributed by atoms with Crippen molar-refractivity contribution in [3.05, 3.63) is 26.0 Å². The van der Waals surface area contributed by atoms with E-state index in [-0.39, 0.29) is 11.4 Å². The number of rotatable bonds is 3. The molecule has 0 radical (unpaired) electrons. The molecule has 5 nitrogen and oxygen atoms in total. The van der Waals surface area contributed by atoms with Gasteiger partial charge in [-0.05, 0) is 49.2 Å². The molecule has 0 bridgehead atoms. The van der Waals surface area contributed by atoms with Gasteiger partial charge in [0.1, 0.15) is 11.4 Å². The van der Waals surface area contributed by atoms with Gasteiger partial charge in [0.15, 0.2) is 0 Å². The van der Waals surface area contributed by atoms with E-state index in [4.69, 9.17) is 0 Å². The van der Waals surface area contributed by atoms with Crippen LogP contribution >= 0.6 is 31.9 Å². The summed E-state index contributed by atoms with van der Waals surface area (Å²) >= 11 is 6.09. The van der Waals surface area contributed by atoms with Crippen molar-refractivity contribution < 1.29 is 12.6 Å². The average molecular weight is 345 g/mol. The van der Waals surface area contributed by atoms with Crippen LogP contribution in [0.5, 0.6) is 5.75 Å². The Morgan fingerprint density at radius 2 is 1.71 bits per heavy atom. The fraction of sp³-hybridized carbons (Fsp3) is 0. The maximum absolute atomic E-state index is 10.3. The molecule has 0 aliphatic rings. The van der Waals surface area contributed by atoms with Crippen LogP contribution in [0.3, 0.4) is 0 Å². The van der Waals surface area contributed by atoms with Gasteiger partial charge in [0.05, 0.1) is 8.95 Å². The van der Waals surface area contributed by atoms with Crippen molar-refractivity contribution in [2.45, 2.75) is 0 Å². The number of nitrogens with zero attached hydrogens (tertiary/aromatic N) is 1. The topological polar surface area (TPSA) is 72.8 Å². The Morgan fingerprint density at radius 1 is 1.21 bits per heavy atom. The monoisotopic (exact) mass is 343 g/mol. The van der Waals surface area contributed by atoms with Crippen molar-refractivity contribution in [2.75, 3.05) is 0 Å². The second-order valence-corrected chi connectivity index (χ2v) is 4.48. The summed E-state index contributed by atoms with van der Waals surface area (Å²) in [6, 6.07) is 2.68. The van der Waals surface area contributed by atoms with Gasteiger partial charge in [0, 0.05) is 0 Å². The average Bonchev–Trinajstić information content (AvgIpc) is 2.01. The molecule has 0 aliphatic heterocycles. The molecule has 0 saturated heterocycles. The number of hydrogen-bond donors (Lipinski definition) is 1. The summed E-state index contributed by atoms with van der Waals surface area (Å²) in [6.45, 7) is 0. The summed E-state index contributed by atoms with van der Waals surface area (Å²) in [5, 5.41) is 2.74. The molecule has 0 aliphatic carbocycles. The van der Waals surface area contributed by atoms with Gasteiger partial charge in [-0.1, -0.05) is 0 Å². The first-order chi connectivity index (χ1) is 6.54. The number of thiol groups is 1. The van der Waals surface area contributed by atoms with Crippen molar-refractivity contribution in [1.29, 1.82) is 0 Å². The lowest BCUT2D eigenvalue weighted by molar-refractivity contribution is 0.510. The summed E-state index contributed by atoms with van der Waals surface area (Å²) in [4.78, 5) is 10.3. The van der Waals surface area contributed by atoms with E-state index < -0.39 is 11.0 Å². The highest BCUT2D eigenvalue weighted by Crippen LogP contribution is 2.37. The summed E-state index contributed by atoms with van der Waals surface area (Å²) in [7, 11) is -2.97. The predicted molar refractivity (Wildman–Crippen MR) is 58.2 cm³/mol. The van der Waals surface area contributed by atoms with Gasteiger partial charge in [-0.3, -0.25) is 0 Å². The fourth-order valence-electron chi connectivity index (χ4n) is 0.768.